The van der Waals surface area contributed by atoms with E-state index in [4.69, 9.17) is 27.9 Å². The van der Waals surface area contributed by atoms with Crippen LogP contribution < -0.4 is 10.6 Å². The average molecular weight is 436 g/mol. The third kappa shape index (κ3) is 5.47. The van der Waals surface area contributed by atoms with Crippen LogP contribution in [0.2, 0.25) is 10.0 Å². The molecule has 1 aliphatic rings. The largest absolute Gasteiger partial charge is 0.355 e. The molecule has 0 radical (unpaired) electrons. The van der Waals surface area contributed by atoms with Gasteiger partial charge in [-0.1, -0.05) is 41.4 Å². The molecule has 1 atom stereocenters. The maximum absolute atomic E-state index is 12.6. The second kappa shape index (κ2) is 9.73. The lowest BCUT2D eigenvalue weighted by Gasteiger charge is -2.23. The molecule has 1 saturated heterocycles. The molecule has 152 valence electrons. The zero-order valence-electron chi connectivity index (χ0n) is 15.4. The Morgan fingerprint density at radius 1 is 1.00 bits per heavy atom. The van der Waals surface area contributed by atoms with E-state index in [9.17, 15) is 14.4 Å². The Balaban J connectivity index is 1.50. The smallest absolute Gasteiger partial charge is 0.309 e. The summed E-state index contributed by atoms with van der Waals surface area (Å²) in [5, 5.41) is 6.04. The first kappa shape index (κ1) is 21.1. The molecule has 3 amide bonds. The van der Waals surface area contributed by atoms with Crippen molar-refractivity contribution >= 4 is 40.9 Å². The van der Waals surface area contributed by atoms with Crippen molar-refractivity contribution in [2.45, 2.75) is 12.8 Å². The molecule has 2 aromatic carbocycles. The van der Waals surface area contributed by atoms with Crippen LogP contribution in [0.15, 0.2) is 48.5 Å². The van der Waals surface area contributed by atoms with Crippen molar-refractivity contribution in [1.29, 1.82) is 0 Å². The zero-order chi connectivity index (χ0) is 20.8. The van der Waals surface area contributed by atoms with Gasteiger partial charge in [0.05, 0.1) is 13.2 Å². The highest BCUT2D eigenvalue weighted by Gasteiger charge is 2.31. The van der Waals surface area contributed by atoms with Gasteiger partial charge in [-0.2, -0.15) is 0 Å². The Kier molecular flexibility index (Phi) is 7.09. The lowest BCUT2D eigenvalue weighted by atomic mass is 10.2. The van der Waals surface area contributed by atoms with Crippen LogP contribution >= 0.6 is 23.2 Å². The molecular formula is C20H19Cl2N3O4. The minimum absolute atomic E-state index is 0.00231. The van der Waals surface area contributed by atoms with Crippen LogP contribution in [-0.4, -0.2) is 48.5 Å². The Labute approximate surface area is 177 Å². The van der Waals surface area contributed by atoms with Crippen molar-refractivity contribution in [1.82, 2.24) is 15.5 Å². The normalized spacial score (nSPS) is 15.8. The standard InChI is InChI=1S/C20H19Cl2N3O4/c21-15-7-5-13(6-8-15)20(28)25-9-10-29-17(25)12-24-19(27)18(26)23-11-14-3-1-2-4-16(14)22/h1-8,17H,9-12H2,(H,23,26)(H,24,27). The Morgan fingerprint density at radius 2 is 1.69 bits per heavy atom. The fourth-order valence-corrected chi connectivity index (χ4v) is 3.17. The van der Waals surface area contributed by atoms with E-state index < -0.39 is 18.0 Å². The van der Waals surface area contributed by atoms with Crippen molar-refractivity contribution in [3.63, 3.8) is 0 Å². The summed E-state index contributed by atoms with van der Waals surface area (Å²) in [7, 11) is 0. The first-order chi connectivity index (χ1) is 14.0. The number of carbonyl (C=O) groups excluding carboxylic acids is 3. The molecule has 0 aliphatic carbocycles. The highest BCUT2D eigenvalue weighted by Crippen LogP contribution is 2.17. The van der Waals surface area contributed by atoms with Gasteiger partial charge in [-0.05, 0) is 35.9 Å². The lowest BCUT2D eigenvalue weighted by molar-refractivity contribution is -0.139. The zero-order valence-corrected chi connectivity index (χ0v) is 16.9. The van der Waals surface area contributed by atoms with Crippen LogP contribution in [0.3, 0.4) is 0 Å². The third-order valence-corrected chi connectivity index (χ3v) is 5.00. The SMILES string of the molecule is O=C(NCc1ccccc1Cl)C(=O)NCC1OCCN1C(=O)c1ccc(Cl)cc1. The molecule has 7 nitrogen and oxygen atoms in total. The van der Waals surface area contributed by atoms with Crippen molar-refractivity contribution in [3.8, 4) is 0 Å². The number of nitrogens with zero attached hydrogens (tertiary/aromatic N) is 1. The molecule has 9 heteroatoms. The number of halogens is 2. The Morgan fingerprint density at radius 3 is 2.41 bits per heavy atom. The number of benzene rings is 2. The first-order valence-corrected chi connectivity index (χ1v) is 9.69. The van der Waals surface area contributed by atoms with E-state index in [1.807, 2.05) is 0 Å². The molecule has 2 N–H and O–H groups in total. The highest BCUT2D eigenvalue weighted by molar-refractivity contribution is 6.35. The molecule has 1 aliphatic heterocycles. The molecule has 2 aromatic rings. The number of ether oxygens (including phenoxy) is 1. The van der Waals surface area contributed by atoms with Gasteiger partial charge < -0.3 is 20.3 Å². The molecule has 0 bridgehead atoms. The third-order valence-electron chi connectivity index (χ3n) is 4.38. The van der Waals surface area contributed by atoms with Crippen LogP contribution in [0.5, 0.6) is 0 Å². The molecule has 1 heterocycles. The average Bonchev–Trinajstić information content (AvgIpc) is 3.19. The van der Waals surface area contributed by atoms with E-state index >= 15 is 0 Å². The van der Waals surface area contributed by atoms with E-state index in [0.717, 1.165) is 0 Å². The Hall–Kier alpha value is -2.61. The summed E-state index contributed by atoms with van der Waals surface area (Å²) < 4.78 is 5.52. The van der Waals surface area contributed by atoms with Gasteiger partial charge in [0.1, 0.15) is 6.23 Å². The fourth-order valence-electron chi connectivity index (χ4n) is 2.84. The van der Waals surface area contributed by atoms with Gasteiger partial charge in [0.15, 0.2) is 0 Å². The summed E-state index contributed by atoms with van der Waals surface area (Å²) in [4.78, 5) is 38.2. The van der Waals surface area contributed by atoms with Gasteiger partial charge in [0, 0.05) is 28.7 Å². The molecule has 29 heavy (non-hydrogen) atoms. The van der Waals surface area contributed by atoms with Crippen molar-refractivity contribution in [2.24, 2.45) is 0 Å². The summed E-state index contributed by atoms with van der Waals surface area (Å²) in [5.41, 5.74) is 1.17. The minimum Gasteiger partial charge on any atom is -0.355 e. The molecule has 1 unspecified atom stereocenters. The van der Waals surface area contributed by atoms with Crippen LogP contribution in [0.1, 0.15) is 15.9 Å². The Bertz CT molecular complexity index is 905. The summed E-state index contributed by atoms with van der Waals surface area (Å²) in [6.07, 6.45) is -0.654. The topological polar surface area (TPSA) is 87.7 Å². The molecule has 1 fully saturated rings. The van der Waals surface area contributed by atoms with Gasteiger partial charge in [-0.15, -0.1) is 0 Å². The second-order valence-electron chi connectivity index (χ2n) is 6.31. The van der Waals surface area contributed by atoms with E-state index in [1.54, 1.807) is 48.5 Å². The van der Waals surface area contributed by atoms with Crippen LogP contribution in [0, 0.1) is 0 Å². The number of amides is 3. The number of hydrogen-bond donors (Lipinski definition) is 2. The molecule has 0 spiro atoms. The quantitative estimate of drug-likeness (QED) is 0.704. The van der Waals surface area contributed by atoms with Crippen molar-refractivity contribution < 1.29 is 19.1 Å². The van der Waals surface area contributed by atoms with E-state index in [1.165, 1.54) is 4.90 Å². The fraction of sp³-hybridized carbons (Fsp3) is 0.250. The number of carbonyl (C=O) groups is 3. The first-order valence-electron chi connectivity index (χ1n) is 8.93. The summed E-state index contributed by atoms with van der Waals surface area (Å²) in [6.45, 7) is 0.865. The van der Waals surface area contributed by atoms with Crippen LogP contribution in [-0.2, 0) is 20.9 Å². The van der Waals surface area contributed by atoms with Crippen molar-refractivity contribution in [3.05, 3.63) is 69.7 Å². The van der Waals surface area contributed by atoms with Gasteiger partial charge in [0.25, 0.3) is 5.91 Å². The summed E-state index contributed by atoms with van der Waals surface area (Å²) >= 11 is 11.9. The van der Waals surface area contributed by atoms with Gasteiger partial charge in [0.2, 0.25) is 0 Å². The van der Waals surface area contributed by atoms with E-state index in [-0.39, 0.29) is 19.0 Å². The summed E-state index contributed by atoms with van der Waals surface area (Å²) in [6, 6.07) is 13.5. The van der Waals surface area contributed by atoms with Crippen molar-refractivity contribution in [2.75, 3.05) is 19.7 Å². The molecule has 0 aromatic heterocycles. The lowest BCUT2D eigenvalue weighted by Crippen LogP contribution is -2.47. The van der Waals surface area contributed by atoms with Crippen LogP contribution in [0.25, 0.3) is 0 Å². The van der Waals surface area contributed by atoms with Gasteiger partial charge in [-0.25, -0.2) is 0 Å². The maximum atomic E-state index is 12.6. The van der Waals surface area contributed by atoms with Gasteiger partial charge in [-0.3, -0.25) is 14.4 Å². The number of nitrogens with one attached hydrogen (secondary N) is 2. The molecular weight excluding hydrogens is 417 g/mol. The number of rotatable bonds is 5. The highest BCUT2D eigenvalue weighted by atomic mass is 35.5. The van der Waals surface area contributed by atoms with E-state index in [2.05, 4.69) is 10.6 Å². The monoisotopic (exact) mass is 435 g/mol. The molecule has 0 saturated carbocycles. The predicted octanol–water partition coefficient (Wildman–Crippen LogP) is 2.22. The second-order valence-corrected chi connectivity index (χ2v) is 7.16. The van der Waals surface area contributed by atoms with E-state index in [0.29, 0.717) is 34.3 Å². The summed E-state index contributed by atoms with van der Waals surface area (Å²) in [5.74, 6) is -1.84. The van der Waals surface area contributed by atoms with Crippen LogP contribution in [0.4, 0.5) is 0 Å². The maximum Gasteiger partial charge on any atom is 0.309 e. The minimum atomic E-state index is -0.813. The van der Waals surface area contributed by atoms with Gasteiger partial charge >= 0.3 is 11.8 Å². The number of hydrogen-bond acceptors (Lipinski definition) is 4. The predicted molar refractivity (Wildman–Crippen MR) is 109 cm³/mol. The molecule has 3 rings (SSSR count).